The van der Waals surface area contributed by atoms with Crippen molar-refractivity contribution >= 4 is 22.8 Å². The number of unbranched alkanes of at least 4 members (excludes halogenated alkanes) is 1. The number of likely N-dealkylation sites (tertiary alicyclic amines) is 1. The van der Waals surface area contributed by atoms with E-state index in [-0.39, 0.29) is 17.7 Å². The zero-order valence-electron chi connectivity index (χ0n) is 17.8. The number of amides is 2. The number of hydrogen-bond donors (Lipinski definition) is 0. The molecule has 3 rings (SSSR count). The molecule has 1 fully saturated rings. The van der Waals surface area contributed by atoms with Crippen molar-refractivity contribution in [3.8, 4) is 0 Å². The summed E-state index contributed by atoms with van der Waals surface area (Å²) in [6, 6.07) is 4.10. The van der Waals surface area contributed by atoms with Crippen LogP contribution in [0.25, 0.3) is 11.0 Å². The van der Waals surface area contributed by atoms with E-state index in [0.717, 1.165) is 59.9 Å². The summed E-state index contributed by atoms with van der Waals surface area (Å²) in [5.74, 6) is 0.619. The van der Waals surface area contributed by atoms with Crippen molar-refractivity contribution in [3.05, 3.63) is 34.6 Å². The Hall–Kier alpha value is -2.30. The molecule has 152 valence electrons. The molecule has 1 aromatic heterocycles. The lowest BCUT2D eigenvalue weighted by Crippen LogP contribution is -2.43. The van der Waals surface area contributed by atoms with Gasteiger partial charge in [0.25, 0.3) is 5.91 Å². The van der Waals surface area contributed by atoms with E-state index in [1.807, 2.05) is 43.7 Å². The predicted octanol–water partition coefficient (Wildman–Crippen LogP) is 4.47. The Bertz CT molecular complexity index is 876. The first-order valence-electron chi connectivity index (χ1n) is 10.4. The third-order valence-corrected chi connectivity index (χ3v) is 6.03. The van der Waals surface area contributed by atoms with Crippen molar-refractivity contribution in [3.63, 3.8) is 0 Å². The third kappa shape index (κ3) is 3.80. The van der Waals surface area contributed by atoms with E-state index in [2.05, 4.69) is 13.0 Å². The van der Waals surface area contributed by atoms with Gasteiger partial charge in [-0.2, -0.15) is 0 Å². The fourth-order valence-corrected chi connectivity index (χ4v) is 4.17. The molecule has 0 N–H and O–H groups in total. The standard InChI is InChI=1S/C23H32N2O3/c1-6-7-12-24(5)22(26)18-10-13-25(14-11-18)23(27)21-17(4)19-15(2)8-9-16(3)20(19)28-21/h8-9,18H,6-7,10-14H2,1-5H3. The van der Waals surface area contributed by atoms with E-state index in [1.165, 1.54) is 0 Å². The third-order valence-electron chi connectivity index (χ3n) is 6.03. The number of carbonyl (C=O) groups is 2. The largest absolute Gasteiger partial charge is 0.450 e. The molecule has 0 atom stereocenters. The first kappa shape index (κ1) is 20.4. The highest BCUT2D eigenvalue weighted by atomic mass is 16.3. The summed E-state index contributed by atoms with van der Waals surface area (Å²) in [6.07, 6.45) is 3.56. The molecule has 0 aliphatic carbocycles. The molecule has 0 saturated carbocycles. The Labute approximate surface area is 167 Å². The minimum Gasteiger partial charge on any atom is -0.450 e. The number of fused-ring (bicyclic) bond motifs is 1. The number of piperidine rings is 1. The first-order valence-corrected chi connectivity index (χ1v) is 10.4. The minimum atomic E-state index is -0.0577. The van der Waals surface area contributed by atoms with E-state index in [0.29, 0.717) is 18.8 Å². The second-order valence-corrected chi connectivity index (χ2v) is 8.14. The predicted molar refractivity (Wildman–Crippen MR) is 112 cm³/mol. The molecular formula is C23H32N2O3. The zero-order valence-corrected chi connectivity index (χ0v) is 17.8. The number of furan rings is 1. The number of nitrogens with zero attached hydrogens (tertiary/aromatic N) is 2. The second kappa shape index (κ2) is 8.38. The van der Waals surface area contributed by atoms with E-state index in [1.54, 1.807) is 0 Å². The van der Waals surface area contributed by atoms with E-state index >= 15 is 0 Å². The van der Waals surface area contributed by atoms with Crippen LogP contribution in [0.1, 0.15) is 59.9 Å². The molecule has 0 spiro atoms. The monoisotopic (exact) mass is 384 g/mol. The molecule has 1 aliphatic heterocycles. The van der Waals surface area contributed by atoms with Crippen molar-refractivity contribution < 1.29 is 14.0 Å². The zero-order chi connectivity index (χ0) is 20.4. The van der Waals surface area contributed by atoms with Crippen LogP contribution in [0.5, 0.6) is 0 Å². The lowest BCUT2D eigenvalue weighted by Gasteiger charge is -2.33. The maximum absolute atomic E-state index is 13.1. The van der Waals surface area contributed by atoms with Crippen molar-refractivity contribution in [2.75, 3.05) is 26.7 Å². The molecular weight excluding hydrogens is 352 g/mol. The van der Waals surface area contributed by atoms with Gasteiger partial charge in [-0.25, -0.2) is 0 Å². The highest BCUT2D eigenvalue weighted by molar-refractivity contribution is 6.00. The molecule has 2 aromatic rings. The topological polar surface area (TPSA) is 53.8 Å². The number of rotatable bonds is 5. The highest BCUT2D eigenvalue weighted by Crippen LogP contribution is 2.32. The van der Waals surface area contributed by atoms with Crippen LogP contribution >= 0.6 is 0 Å². The Morgan fingerprint density at radius 1 is 1.14 bits per heavy atom. The van der Waals surface area contributed by atoms with Crippen LogP contribution < -0.4 is 0 Å². The summed E-state index contributed by atoms with van der Waals surface area (Å²) >= 11 is 0. The van der Waals surface area contributed by atoms with Gasteiger partial charge in [0.15, 0.2) is 5.76 Å². The van der Waals surface area contributed by atoms with Crippen LogP contribution in [0.15, 0.2) is 16.5 Å². The highest BCUT2D eigenvalue weighted by Gasteiger charge is 2.31. The second-order valence-electron chi connectivity index (χ2n) is 8.14. The number of benzene rings is 1. The van der Waals surface area contributed by atoms with Crippen LogP contribution in [0.3, 0.4) is 0 Å². The Balaban J connectivity index is 1.70. The maximum Gasteiger partial charge on any atom is 0.289 e. The minimum absolute atomic E-state index is 0.0205. The van der Waals surface area contributed by atoms with Gasteiger partial charge < -0.3 is 14.2 Å². The summed E-state index contributed by atoms with van der Waals surface area (Å²) in [6.45, 7) is 10.2. The average molecular weight is 385 g/mol. The Kier molecular flexibility index (Phi) is 6.11. The SMILES string of the molecule is CCCCN(C)C(=O)C1CCN(C(=O)c2oc3c(C)ccc(C)c3c2C)CC1. The average Bonchev–Trinajstić information content (AvgIpc) is 3.06. The number of aryl methyl sites for hydroxylation is 3. The Morgan fingerprint density at radius 2 is 1.79 bits per heavy atom. The van der Waals surface area contributed by atoms with Gasteiger partial charge in [-0.15, -0.1) is 0 Å². The van der Waals surface area contributed by atoms with Gasteiger partial charge in [0.05, 0.1) is 0 Å². The van der Waals surface area contributed by atoms with Gasteiger partial charge in [-0.05, 0) is 51.2 Å². The van der Waals surface area contributed by atoms with E-state index in [9.17, 15) is 9.59 Å². The van der Waals surface area contributed by atoms with Crippen LogP contribution in [-0.4, -0.2) is 48.3 Å². The van der Waals surface area contributed by atoms with Crippen molar-refractivity contribution in [1.29, 1.82) is 0 Å². The fourth-order valence-electron chi connectivity index (χ4n) is 4.17. The summed E-state index contributed by atoms with van der Waals surface area (Å²) in [7, 11) is 1.89. The molecule has 5 nitrogen and oxygen atoms in total. The van der Waals surface area contributed by atoms with E-state index < -0.39 is 0 Å². The number of carbonyl (C=O) groups excluding carboxylic acids is 2. The van der Waals surface area contributed by atoms with E-state index in [4.69, 9.17) is 4.42 Å². The molecule has 1 aromatic carbocycles. The molecule has 0 radical (unpaired) electrons. The number of hydrogen-bond acceptors (Lipinski definition) is 3. The van der Waals surface area contributed by atoms with Crippen LogP contribution in [0, 0.1) is 26.7 Å². The summed E-state index contributed by atoms with van der Waals surface area (Å²) in [4.78, 5) is 29.4. The van der Waals surface area contributed by atoms with Gasteiger partial charge in [0.2, 0.25) is 5.91 Å². The summed E-state index contributed by atoms with van der Waals surface area (Å²) in [5, 5.41) is 1.05. The van der Waals surface area contributed by atoms with Crippen molar-refractivity contribution in [2.24, 2.45) is 5.92 Å². The first-order chi connectivity index (χ1) is 13.3. The molecule has 1 aliphatic rings. The van der Waals surface area contributed by atoms with Crippen molar-refractivity contribution in [2.45, 2.75) is 53.4 Å². The summed E-state index contributed by atoms with van der Waals surface area (Å²) < 4.78 is 6.02. The normalized spacial score (nSPS) is 15.2. The lowest BCUT2D eigenvalue weighted by molar-refractivity contribution is -0.135. The van der Waals surface area contributed by atoms with Crippen LogP contribution in [0.2, 0.25) is 0 Å². The quantitative estimate of drug-likeness (QED) is 0.764. The van der Waals surface area contributed by atoms with Gasteiger partial charge in [-0.1, -0.05) is 25.5 Å². The molecule has 2 heterocycles. The fraction of sp³-hybridized carbons (Fsp3) is 0.565. The molecule has 1 saturated heterocycles. The van der Waals surface area contributed by atoms with Gasteiger partial charge in [0.1, 0.15) is 5.58 Å². The lowest BCUT2D eigenvalue weighted by atomic mass is 9.95. The van der Waals surface area contributed by atoms with Crippen molar-refractivity contribution in [1.82, 2.24) is 9.80 Å². The maximum atomic E-state index is 13.1. The van der Waals surface area contributed by atoms with Gasteiger partial charge >= 0.3 is 0 Å². The molecule has 5 heteroatoms. The molecule has 0 bridgehead atoms. The molecule has 2 amide bonds. The smallest absolute Gasteiger partial charge is 0.289 e. The van der Waals surface area contributed by atoms with Crippen LogP contribution in [0.4, 0.5) is 0 Å². The summed E-state index contributed by atoms with van der Waals surface area (Å²) in [5.41, 5.74) is 3.89. The van der Waals surface area contributed by atoms with Crippen LogP contribution in [-0.2, 0) is 4.79 Å². The van der Waals surface area contributed by atoms with Gasteiger partial charge in [-0.3, -0.25) is 9.59 Å². The Morgan fingerprint density at radius 3 is 2.39 bits per heavy atom. The molecule has 28 heavy (non-hydrogen) atoms. The molecule has 0 unspecified atom stereocenters. The van der Waals surface area contributed by atoms with Gasteiger partial charge in [0, 0.05) is 43.5 Å².